The molecular formula is C25H25FN2O6S2. The quantitative estimate of drug-likeness (QED) is 0.466. The van der Waals surface area contributed by atoms with E-state index >= 15 is 4.39 Å². The second kappa shape index (κ2) is 9.64. The van der Waals surface area contributed by atoms with Gasteiger partial charge in [-0.05, 0) is 42.3 Å². The predicted molar refractivity (Wildman–Crippen MR) is 134 cm³/mol. The van der Waals surface area contributed by atoms with Gasteiger partial charge in [-0.25, -0.2) is 21.2 Å². The van der Waals surface area contributed by atoms with E-state index in [9.17, 15) is 21.6 Å². The molecule has 1 atom stereocenters. The van der Waals surface area contributed by atoms with E-state index in [1.54, 1.807) is 48.5 Å². The zero-order valence-corrected chi connectivity index (χ0v) is 21.3. The highest BCUT2D eigenvalue weighted by Crippen LogP contribution is 2.33. The van der Waals surface area contributed by atoms with Crippen LogP contribution in [0.25, 0.3) is 11.1 Å². The molecule has 3 aromatic carbocycles. The maximum Gasteiger partial charge on any atom is 0.280 e. The van der Waals surface area contributed by atoms with E-state index in [4.69, 9.17) is 4.74 Å². The van der Waals surface area contributed by atoms with Crippen LogP contribution in [0.2, 0.25) is 0 Å². The van der Waals surface area contributed by atoms with Gasteiger partial charge < -0.3 is 9.64 Å². The van der Waals surface area contributed by atoms with E-state index in [1.807, 2.05) is 4.72 Å². The van der Waals surface area contributed by atoms with Gasteiger partial charge >= 0.3 is 0 Å². The Morgan fingerprint density at radius 3 is 2.33 bits per heavy atom. The number of carbonyl (C=O) groups excluding carboxylic acids is 1. The molecule has 11 heteroatoms. The summed E-state index contributed by atoms with van der Waals surface area (Å²) in [5.41, 5.74) is 1.47. The van der Waals surface area contributed by atoms with Gasteiger partial charge in [-0.3, -0.25) is 4.79 Å². The third-order valence-electron chi connectivity index (χ3n) is 5.91. The Bertz CT molecular complexity index is 1510. The van der Waals surface area contributed by atoms with Gasteiger partial charge in [0.1, 0.15) is 5.75 Å². The fourth-order valence-corrected chi connectivity index (χ4v) is 6.31. The van der Waals surface area contributed by atoms with E-state index in [0.29, 0.717) is 16.8 Å². The largest absolute Gasteiger partial charge is 0.497 e. The number of amides is 1. The lowest BCUT2D eigenvalue weighted by molar-refractivity contribution is -0.133. The van der Waals surface area contributed by atoms with Gasteiger partial charge in [-0.15, -0.1) is 0 Å². The lowest BCUT2D eigenvalue weighted by atomic mass is 10.0. The average Bonchev–Trinajstić information content (AvgIpc) is 2.85. The van der Waals surface area contributed by atoms with Crippen molar-refractivity contribution in [1.82, 2.24) is 4.72 Å². The fourth-order valence-electron chi connectivity index (χ4n) is 4.13. The number of rotatable bonds is 7. The van der Waals surface area contributed by atoms with Gasteiger partial charge in [0.25, 0.3) is 11.7 Å². The Morgan fingerprint density at radius 2 is 1.67 bits per heavy atom. The van der Waals surface area contributed by atoms with Crippen LogP contribution >= 0.6 is 0 Å². The Hall–Kier alpha value is -3.28. The van der Waals surface area contributed by atoms with Crippen LogP contribution in [-0.2, 0) is 24.7 Å². The molecule has 1 aliphatic heterocycles. The second-order valence-electron chi connectivity index (χ2n) is 8.46. The van der Waals surface area contributed by atoms with Gasteiger partial charge in [-0.1, -0.05) is 36.4 Å². The molecule has 36 heavy (non-hydrogen) atoms. The highest BCUT2D eigenvalue weighted by Gasteiger charge is 2.48. The first-order valence-electron chi connectivity index (χ1n) is 11.0. The fraction of sp³-hybridized carbons (Fsp3) is 0.240. The number of piperidine rings is 1. The molecule has 1 saturated heterocycles. The summed E-state index contributed by atoms with van der Waals surface area (Å²) >= 11 is 0. The number of hydrogen-bond donors (Lipinski definition) is 1. The molecule has 1 heterocycles. The standard InChI is InChI=1S/C25H25FN2O6S2/c1-34-20-7-5-8-21(17-20)36(32,33)27-25(26)15-6-16-28(24(25)29)19-13-11-18(12-14-19)22-9-3-4-10-23(22)35(2,30)31/h3-5,7-14,17,27H,6,15-16H2,1-2H3. The number of halogens is 1. The van der Waals surface area contributed by atoms with E-state index in [1.165, 1.54) is 36.3 Å². The number of nitrogens with zero attached hydrogens (tertiary/aromatic N) is 1. The number of alkyl halides is 1. The highest BCUT2D eigenvalue weighted by molar-refractivity contribution is 7.91. The van der Waals surface area contributed by atoms with Crippen LogP contribution < -0.4 is 14.4 Å². The molecule has 8 nitrogen and oxygen atoms in total. The van der Waals surface area contributed by atoms with Gasteiger partial charge in [0, 0.05) is 36.5 Å². The highest BCUT2D eigenvalue weighted by atomic mass is 32.2. The second-order valence-corrected chi connectivity index (χ2v) is 12.1. The number of benzene rings is 3. The van der Waals surface area contributed by atoms with E-state index in [0.717, 1.165) is 6.26 Å². The van der Waals surface area contributed by atoms with Crippen LogP contribution in [0.3, 0.4) is 0 Å². The number of hydrogen-bond acceptors (Lipinski definition) is 6. The first-order chi connectivity index (χ1) is 16.9. The van der Waals surface area contributed by atoms with Gasteiger partial charge in [0.15, 0.2) is 9.84 Å². The Balaban J connectivity index is 1.60. The van der Waals surface area contributed by atoms with Crippen molar-refractivity contribution < 1.29 is 30.8 Å². The monoisotopic (exact) mass is 532 g/mol. The lowest BCUT2D eigenvalue weighted by Crippen LogP contribution is -2.60. The molecule has 0 aromatic heterocycles. The summed E-state index contributed by atoms with van der Waals surface area (Å²) in [5, 5.41) is 0. The van der Waals surface area contributed by atoms with Crippen molar-refractivity contribution in [3.63, 3.8) is 0 Å². The summed E-state index contributed by atoms with van der Waals surface area (Å²) in [6, 6.07) is 18.5. The Morgan fingerprint density at radius 1 is 0.972 bits per heavy atom. The van der Waals surface area contributed by atoms with E-state index in [-0.39, 0.29) is 34.9 Å². The van der Waals surface area contributed by atoms with Gasteiger partial charge in [0.2, 0.25) is 10.0 Å². The molecule has 190 valence electrons. The summed E-state index contributed by atoms with van der Waals surface area (Å²) in [5.74, 6) is -3.58. The van der Waals surface area contributed by atoms with Crippen LogP contribution in [-0.4, -0.2) is 48.4 Å². The van der Waals surface area contributed by atoms with Crippen molar-refractivity contribution in [2.75, 3.05) is 24.8 Å². The number of ether oxygens (including phenoxy) is 1. The van der Waals surface area contributed by atoms with Crippen LogP contribution in [0.5, 0.6) is 5.75 Å². The topological polar surface area (TPSA) is 110 Å². The molecule has 0 radical (unpaired) electrons. The normalized spacial score (nSPS) is 18.8. The molecule has 1 N–H and O–H groups in total. The summed E-state index contributed by atoms with van der Waals surface area (Å²) in [4.78, 5) is 14.3. The summed E-state index contributed by atoms with van der Waals surface area (Å²) in [6.07, 6.45) is 1.03. The van der Waals surface area contributed by atoms with Gasteiger partial charge in [0.05, 0.1) is 16.9 Å². The zero-order chi connectivity index (χ0) is 26.1. The van der Waals surface area contributed by atoms with Crippen molar-refractivity contribution in [3.8, 4) is 16.9 Å². The summed E-state index contributed by atoms with van der Waals surface area (Å²) in [6.45, 7) is 0.199. The first kappa shape index (κ1) is 25.8. The van der Waals surface area contributed by atoms with Crippen molar-refractivity contribution in [3.05, 3.63) is 72.8 Å². The third-order valence-corrected chi connectivity index (χ3v) is 8.53. The molecule has 0 spiro atoms. The van der Waals surface area contributed by atoms with Gasteiger partial charge in [-0.2, -0.15) is 4.72 Å². The van der Waals surface area contributed by atoms with E-state index in [2.05, 4.69) is 0 Å². The molecule has 4 rings (SSSR count). The number of nitrogens with one attached hydrogen (secondary N) is 1. The van der Waals surface area contributed by atoms with Crippen molar-refractivity contribution in [2.24, 2.45) is 0 Å². The van der Waals surface area contributed by atoms with Crippen molar-refractivity contribution >= 4 is 31.5 Å². The zero-order valence-electron chi connectivity index (χ0n) is 19.6. The molecule has 1 unspecified atom stereocenters. The van der Waals surface area contributed by atoms with Crippen LogP contribution in [0.1, 0.15) is 12.8 Å². The first-order valence-corrected chi connectivity index (χ1v) is 14.4. The minimum Gasteiger partial charge on any atom is -0.497 e. The molecule has 3 aromatic rings. The van der Waals surface area contributed by atoms with Crippen LogP contribution in [0, 0.1) is 0 Å². The molecule has 1 amide bonds. The lowest BCUT2D eigenvalue weighted by Gasteiger charge is -2.36. The number of anilines is 1. The maximum absolute atomic E-state index is 15.8. The van der Waals surface area contributed by atoms with Crippen LogP contribution in [0.15, 0.2) is 82.6 Å². The molecule has 0 bridgehead atoms. The Kier molecular flexibility index (Phi) is 6.91. The minimum absolute atomic E-state index is 0.168. The average molecular weight is 533 g/mol. The molecule has 0 saturated carbocycles. The predicted octanol–water partition coefficient (Wildman–Crippen LogP) is 3.54. The number of sulfone groups is 1. The number of carbonyl (C=O) groups is 1. The summed E-state index contributed by atoms with van der Waals surface area (Å²) < 4.78 is 72.8. The van der Waals surface area contributed by atoms with Crippen molar-refractivity contribution in [2.45, 2.75) is 28.4 Å². The molecule has 0 aliphatic carbocycles. The maximum atomic E-state index is 15.8. The van der Waals surface area contributed by atoms with Crippen molar-refractivity contribution in [1.29, 1.82) is 0 Å². The number of sulfonamides is 1. The van der Waals surface area contributed by atoms with E-state index < -0.39 is 31.6 Å². The van der Waals surface area contributed by atoms with Crippen LogP contribution in [0.4, 0.5) is 10.1 Å². The molecule has 1 aliphatic rings. The molecule has 1 fully saturated rings. The summed E-state index contributed by atoms with van der Waals surface area (Å²) in [7, 11) is -6.45. The third kappa shape index (κ3) is 5.13. The smallest absolute Gasteiger partial charge is 0.280 e. The minimum atomic E-state index is -4.36. The number of methoxy groups -OCH3 is 1. The Labute approximate surface area is 209 Å². The SMILES string of the molecule is COc1cccc(S(=O)(=O)NC2(F)CCCN(c3ccc(-c4ccccc4S(C)(=O)=O)cc3)C2=O)c1. The molecular weight excluding hydrogens is 507 g/mol.